The lowest BCUT2D eigenvalue weighted by atomic mass is 9.95. The molecule has 0 aliphatic rings. The van der Waals surface area contributed by atoms with Gasteiger partial charge in [-0.3, -0.25) is 0 Å². The average molecular weight is 487 g/mol. The standard InChI is InChI=1S/C18H10S.C18H12/c1-2-6-12-11(5-1)13-7-3-9-15-17(13)18-14(12)8-4-10-16(18)19-15;1-2-8-14-13(7-1)15-9-3-4-11-17(15)18-12-6-5-10-16(14)18/h1-10H;1-12H. The first kappa shape index (κ1) is 20.7. The zero-order valence-electron chi connectivity index (χ0n) is 20.1. The zero-order valence-corrected chi connectivity index (χ0v) is 20.9. The van der Waals surface area contributed by atoms with Gasteiger partial charge >= 0.3 is 0 Å². The van der Waals surface area contributed by atoms with Gasteiger partial charge in [-0.25, -0.2) is 0 Å². The summed E-state index contributed by atoms with van der Waals surface area (Å²) < 4.78 is 2.80. The molecular formula is C36H22S. The zero-order chi connectivity index (χ0) is 24.3. The third-order valence-electron chi connectivity index (χ3n) is 7.68. The summed E-state index contributed by atoms with van der Waals surface area (Å²) in [5.74, 6) is 0. The Hall–Kier alpha value is -4.46. The van der Waals surface area contributed by atoms with Gasteiger partial charge in [-0.1, -0.05) is 121 Å². The van der Waals surface area contributed by atoms with Gasteiger partial charge in [0.25, 0.3) is 0 Å². The normalized spacial score (nSPS) is 11.8. The minimum absolute atomic E-state index is 1.34. The number of rotatable bonds is 0. The van der Waals surface area contributed by atoms with Gasteiger partial charge in [0.1, 0.15) is 0 Å². The number of hydrogen-bond acceptors (Lipinski definition) is 1. The Morgan fingerprint density at radius 1 is 0.243 bits per heavy atom. The fourth-order valence-electron chi connectivity index (χ4n) is 6.13. The van der Waals surface area contributed by atoms with E-state index in [9.17, 15) is 0 Å². The highest BCUT2D eigenvalue weighted by molar-refractivity contribution is 7.26. The van der Waals surface area contributed by atoms with Gasteiger partial charge in [0.15, 0.2) is 0 Å². The van der Waals surface area contributed by atoms with Crippen LogP contribution < -0.4 is 0 Å². The minimum atomic E-state index is 1.34. The third-order valence-corrected chi connectivity index (χ3v) is 8.80. The van der Waals surface area contributed by atoms with Crippen molar-refractivity contribution in [3.05, 3.63) is 133 Å². The quantitative estimate of drug-likeness (QED) is 0.187. The summed E-state index contributed by atoms with van der Waals surface area (Å²) in [5, 5.41) is 16.4. The molecule has 0 aliphatic carbocycles. The van der Waals surface area contributed by atoms with E-state index in [0.29, 0.717) is 0 Å². The molecule has 0 radical (unpaired) electrons. The molecule has 0 atom stereocenters. The van der Waals surface area contributed by atoms with Gasteiger partial charge in [0.05, 0.1) is 0 Å². The van der Waals surface area contributed by atoms with Crippen LogP contribution in [0.2, 0.25) is 0 Å². The molecular weight excluding hydrogens is 464 g/mol. The van der Waals surface area contributed by atoms with Crippen LogP contribution in [0.1, 0.15) is 0 Å². The monoisotopic (exact) mass is 486 g/mol. The summed E-state index contributed by atoms with van der Waals surface area (Å²) >= 11 is 1.90. The van der Waals surface area contributed by atoms with Crippen molar-refractivity contribution in [3.63, 3.8) is 0 Å². The molecule has 0 spiro atoms. The summed E-state index contributed by atoms with van der Waals surface area (Å²) in [6, 6.07) is 48.0. The Balaban J connectivity index is 0.000000117. The summed E-state index contributed by atoms with van der Waals surface area (Å²) in [7, 11) is 0. The Morgan fingerprint density at radius 3 is 0.784 bits per heavy atom. The van der Waals surface area contributed by atoms with E-state index in [1.807, 2.05) is 11.3 Å². The van der Waals surface area contributed by atoms with Gasteiger partial charge in [-0.05, 0) is 66.0 Å². The fraction of sp³-hybridized carbons (Fsp3) is 0. The molecule has 0 saturated carbocycles. The second kappa shape index (κ2) is 8.03. The number of benzene rings is 8. The average Bonchev–Trinajstić information content (AvgIpc) is 3.37. The molecule has 37 heavy (non-hydrogen) atoms. The lowest BCUT2D eigenvalue weighted by molar-refractivity contribution is 1.77. The van der Waals surface area contributed by atoms with Crippen molar-refractivity contribution in [1.29, 1.82) is 0 Å². The molecule has 0 saturated heterocycles. The van der Waals surface area contributed by atoms with Crippen molar-refractivity contribution < 1.29 is 0 Å². The lowest BCUT2D eigenvalue weighted by Crippen LogP contribution is -1.81. The molecule has 0 aliphatic heterocycles. The smallest absolute Gasteiger partial charge is 0.0361 e. The Bertz CT molecular complexity index is 1950. The first-order chi connectivity index (χ1) is 18.4. The van der Waals surface area contributed by atoms with Gasteiger partial charge in [-0.2, -0.15) is 0 Å². The number of hydrogen-bond donors (Lipinski definition) is 0. The van der Waals surface area contributed by atoms with Gasteiger partial charge in [0, 0.05) is 20.2 Å². The lowest BCUT2D eigenvalue weighted by Gasteiger charge is -2.09. The van der Waals surface area contributed by atoms with Crippen molar-refractivity contribution in [3.8, 4) is 0 Å². The predicted octanol–water partition coefficient (Wildman–Crippen LogP) is 10.9. The van der Waals surface area contributed by atoms with Crippen LogP contribution >= 0.6 is 11.3 Å². The van der Waals surface area contributed by atoms with Crippen LogP contribution in [0.5, 0.6) is 0 Å². The number of fused-ring (bicyclic) bond motifs is 9. The first-order valence-electron chi connectivity index (χ1n) is 12.7. The van der Waals surface area contributed by atoms with E-state index < -0.39 is 0 Å². The third kappa shape index (κ3) is 3.02. The van der Waals surface area contributed by atoms with Crippen molar-refractivity contribution in [2.24, 2.45) is 0 Å². The van der Waals surface area contributed by atoms with Crippen molar-refractivity contribution in [2.45, 2.75) is 0 Å². The van der Waals surface area contributed by atoms with Crippen LogP contribution in [-0.4, -0.2) is 0 Å². The largest absolute Gasteiger partial charge is 0.135 e. The molecule has 9 aromatic rings. The molecule has 0 unspecified atom stereocenters. The van der Waals surface area contributed by atoms with Crippen molar-refractivity contribution >= 4 is 85.4 Å². The molecule has 1 aromatic heterocycles. The summed E-state index contributed by atoms with van der Waals surface area (Å²) in [6.45, 7) is 0. The van der Waals surface area contributed by atoms with Gasteiger partial charge in [-0.15, -0.1) is 11.3 Å². The van der Waals surface area contributed by atoms with E-state index in [4.69, 9.17) is 0 Å². The highest BCUT2D eigenvalue weighted by Gasteiger charge is 2.14. The molecule has 0 bridgehead atoms. The van der Waals surface area contributed by atoms with Gasteiger partial charge in [0.2, 0.25) is 0 Å². The van der Waals surface area contributed by atoms with Crippen LogP contribution in [0.25, 0.3) is 74.0 Å². The second-order valence-electron chi connectivity index (χ2n) is 9.64. The summed E-state index contributed by atoms with van der Waals surface area (Å²) in [5.41, 5.74) is 0. The van der Waals surface area contributed by atoms with Crippen LogP contribution in [-0.2, 0) is 0 Å². The molecule has 9 rings (SSSR count). The maximum absolute atomic E-state index is 2.25. The summed E-state index contributed by atoms with van der Waals surface area (Å²) in [4.78, 5) is 0. The maximum Gasteiger partial charge on any atom is 0.0361 e. The van der Waals surface area contributed by atoms with Crippen molar-refractivity contribution in [2.75, 3.05) is 0 Å². The maximum atomic E-state index is 2.25. The van der Waals surface area contributed by atoms with Crippen LogP contribution in [0, 0.1) is 0 Å². The minimum Gasteiger partial charge on any atom is -0.135 e. The van der Waals surface area contributed by atoms with E-state index in [0.717, 1.165) is 0 Å². The van der Waals surface area contributed by atoms with E-state index in [-0.39, 0.29) is 0 Å². The highest BCUT2D eigenvalue weighted by atomic mass is 32.1. The van der Waals surface area contributed by atoms with E-state index in [1.54, 1.807) is 0 Å². The molecule has 1 heterocycles. The van der Waals surface area contributed by atoms with Crippen LogP contribution in [0.4, 0.5) is 0 Å². The molecule has 0 nitrogen and oxygen atoms in total. The topological polar surface area (TPSA) is 0 Å². The molecule has 172 valence electrons. The van der Waals surface area contributed by atoms with E-state index in [1.165, 1.54) is 74.0 Å². The molecule has 0 N–H and O–H groups in total. The highest BCUT2D eigenvalue weighted by Crippen LogP contribution is 2.44. The first-order valence-corrected chi connectivity index (χ1v) is 13.5. The molecule has 1 heteroatoms. The van der Waals surface area contributed by atoms with E-state index >= 15 is 0 Å². The molecule has 0 amide bonds. The summed E-state index contributed by atoms with van der Waals surface area (Å²) in [6.07, 6.45) is 0. The molecule has 8 aromatic carbocycles. The van der Waals surface area contributed by atoms with Crippen LogP contribution in [0.15, 0.2) is 133 Å². The Morgan fingerprint density at radius 2 is 0.486 bits per heavy atom. The van der Waals surface area contributed by atoms with Crippen LogP contribution in [0.3, 0.4) is 0 Å². The van der Waals surface area contributed by atoms with Gasteiger partial charge < -0.3 is 0 Å². The predicted molar refractivity (Wildman–Crippen MR) is 164 cm³/mol. The Kier molecular flexibility index (Phi) is 4.49. The molecule has 0 fully saturated rings. The second-order valence-corrected chi connectivity index (χ2v) is 10.7. The van der Waals surface area contributed by atoms with E-state index in [2.05, 4.69) is 133 Å². The van der Waals surface area contributed by atoms with Crippen molar-refractivity contribution in [1.82, 2.24) is 0 Å². The Labute approximate surface area is 218 Å². The number of thiophene rings is 1. The SMILES string of the molecule is c1ccc2c(c1)c1cccc3sc4cccc2c4c31.c1ccc2c(c1)c1ccccc1c1ccccc21. The fourth-order valence-corrected chi connectivity index (χ4v) is 7.29.